The lowest BCUT2D eigenvalue weighted by Crippen LogP contribution is -1.97. The molecule has 0 atom stereocenters. The van der Waals surface area contributed by atoms with E-state index < -0.39 is 0 Å². The fourth-order valence-corrected chi connectivity index (χ4v) is 3.02. The molecule has 0 aliphatic carbocycles. The Morgan fingerprint density at radius 1 is 1.24 bits per heavy atom. The summed E-state index contributed by atoms with van der Waals surface area (Å²) in [6.07, 6.45) is 1.69. The van der Waals surface area contributed by atoms with E-state index in [1.54, 1.807) is 25.1 Å². The van der Waals surface area contributed by atoms with Crippen LogP contribution >= 0.6 is 11.8 Å². The molecule has 2 aromatic heterocycles. The highest BCUT2D eigenvalue weighted by Crippen LogP contribution is 2.26. The minimum atomic E-state index is 0.572. The molecule has 0 aliphatic rings. The number of fused-ring (bicyclic) bond motifs is 1. The number of hydrogen-bond donors (Lipinski definition) is 1. The molecule has 0 amide bonds. The van der Waals surface area contributed by atoms with E-state index in [2.05, 4.69) is 11.1 Å². The van der Waals surface area contributed by atoms with Gasteiger partial charge in [-0.2, -0.15) is 0 Å². The van der Waals surface area contributed by atoms with Crippen molar-refractivity contribution in [3.8, 4) is 5.75 Å². The first-order valence-electron chi connectivity index (χ1n) is 6.59. The zero-order valence-electron chi connectivity index (χ0n) is 11.7. The molecular formula is C16H16N2O2S. The Morgan fingerprint density at radius 2 is 2.14 bits per heavy atom. The number of rotatable bonds is 5. The summed E-state index contributed by atoms with van der Waals surface area (Å²) in [5, 5.41) is 1.07. The third-order valence-corrected chi connectivity index (χ3v) is 4.22. The van der Waals surface area contributed by atoms with Crippen LogP contribution < -0.4 is 10.5 Å². The van der Waals surface area contributed by atoms with Crippen LogP contribution in [-0.4, -0.2) is 12.1 Å². The minimum Gasteiger partial charge on any atom is -0.497 e. The molecule has 21 heavy (non-hydrogen) atoms. The van der Waals surface area contributed by atoms with Crippen molar-refractivity contribution in [1.82, 2.24) is 4.98 Å². The molecule has 0 fully saturated rings. The number of nitrogen functional groups attached to an aromatic ring is 1. The van der Waals surface area contributed by atoms with Gasteiger partial charge in [0.15, 0.2) is 0 Å². The molecule has 0 unspecified atom stereocenters. The Bertz CT molecular complexity index is 741. The third-order valence-electron chi connectivity index (χ3n) is 3.22. The second-order valence-electron chi connectivity index (χ2n) is 4.66. The van der Waals surface area contributed by atoms with E-state index >= 15 is 0 Å². The molecule has 3 rings (SSSR count). The van der Waals surface area contributed by atoms with Gasteiger partial charge in [0.2, 0.25) is 0 Å². The lowest BCUT2D eigenvalue weighted by Gasteiger charge is -2.08. The van der Waals surface area contributed by atoms with Gasteiger partial charge >= 0.3 is 0 Å². The summed E-state index contributed by atoms with van der Waals surface area (Å²) in [4.78, 5) is 4.46. The largest absolute Gasteiger partial charge is 0.497 e. The van der Waals surface area contributed by atoms with Crippen molar-refractivity contribution in [1.29, 1.82) is 0 Å². The topological polar surface area (TPSA) is 61.3 Å². The fraction of sp³-hybridized carbons (Fsp3) is 0.188. The van der Waals surface area contributed by atoms with Crippen LogP contribution in [0.15, 0.2) is 47.1 Å². The molecule has 4 nitrogen and oxygen atoms in total. The molecule has 1 aromatic carbocycles. The van der Waals surface area contributed by atoms with Gasteiger partial charge in [-0.3, -0.25) is 0 Å². The Hall–Kier alpha value is -2.14. The van der Waals surface area contributed by atoms with Gasteiger partial charge in [0, 0.05) is 22.8 Å². The first-order valence-corrected chi connectivity index (χ1v) is 7.75. The first-order chi connectivity index (χ1) is 10.3. The van der Waals surface area contributed by atoms with E-state index in [1.165, 1.54) is 0 Å². The van der Waals surface area contributed by atoms with Crippen LogP contribution in [0.25, 0.3) is 10.9 Å². The summed E-state index contributed by atoms with van der Waals surface area (Å²) in [7, 11) is 1.64. The molecule has 5 heteroatoms. The second-order valence-corrected chi connectivity index (χ2v) is 5.65. The van der Waals surface area contributed by atoms with Gasteiger partial charge < -0.3 is 14.9 Å². The molecular weight excluding hydrogens is 284 g/mol. The van der Waals surface area contributed by atoms with E-state index in [0.29, 0.717) is 5.82 Å². The predicted octanol–water partition coefficient (Wildman–Crippen LogP) is 3.85. The molecule has 0 saturated heterocycles. The number of furan rings is 1. The van der Waals surface area contributed by atoms with Gasteiger partial charge in [0.25, 0.3) is 0 Å². The SMILES string of the molecule is COc1ccc2cc(CSCc3ccco3)c(N)nc2c1. The first kappa shape index (κ1) is 13.8. The van der Waals surface area contributed by atoms with E-state index in [4.69, 9.17) is 14.9 Å². The molecule has 0 saturated carbocycles. The predicted molar refractivity (Wildman–Crippen MR) is 86.4 cm³/mol. The van der Waals surface area contributed by atoms with Crippen LogP contribution in [0.4, 0.5) is 5.82 Å². The van der Waals surface area contributed by atoms with Crippen LogP contribution in [-0.2, 0) is 11.5 Å². The van der Waals surface area contributed by atoms with Crippen LogP contribution in [0.3, 0.4) is 0 Å². The van der Waals surface area contributed by atoms with Crippen LogP contribution in [0.2, 0.25) is 0 Å². The Kier molecular flexibility index (Phi) is 4.01. The number of ether oxygens (including phenoxy) is 1. The highest BCUT2D eigenvalue weighted by atomic mass is 32.2. The lowest BCUT2D eigenvalue weighted by molar-refractivity contribution is 0.415. The van der Waals surface area contributed by atoms with E-state index in [-0.39, 0.29) is 0 Å². The summed E-state index contributed by atoms with van der Waals surface area (Å²) in [6, 6.07) is 11.8. The molecule has 3 aromatic rings. The van der Waals surface area contributed by atoms with Crippen molar-refractivity contribution in [2.45, 2.75) is 11.5 Å². The van der Waals surface area contributed by atoms with Crippen molar-refractivity contribution in [3.63, 3.8) is 0 Å². The number of nitrogens with two attached hydrogens (primary N) is 1. The van der Waals surface area contributed by atoms with Gasteiger partial charge in [-0.05, 0) is 30.3 Å². The normalized spacial score (nSPS) is 10.9. The zero-order chi connectivity index (χ0) is 14.7. The van der Waals surface area contributed by atoms with Crippen LogP contribution in [0.5, 0.6) is 5.75 Å². The lowest BCUT2D eigenvalue weighted by atomic mass is 10.1. The second kappa shape index (κ2) is 6.10. The van der Waals surface area contributed by atoms with E-state index in [1.807, 2.05) is 30.3 Å². The summed E-state index contributed by atoms with van der Waals surface area (Å²) in [6.45, 7) is 0. The molecule has 2 heterocycles. The average Bonchev–Trinajstić information content (AvgIpc) is 3.00. The van der Waals surface area contributed by atoms with Gasteiger partial charge in [-0.25, -0.2) is 4.98 Å². The zero-order valence-corrected chi connectivity index (χ0v) is 12.5. The van der Waals surface area contributed by atoms with E-state index in [9.17, 15) is 0 Å². The number of nitrogens with zero attached hydrogens (tertiary/aromatic N) is 1. The maximum Gasteiger partial charge on any atom is 0.128 e. The quantitative estimate of drug-likeness (QED) is 0.775. The molecule has 0 spiro atoms. The summed E-state index contributed by atoms with van der Waals surface area (Å²) in [5.41, 5.74) is 7.95. The average molecular weight is 300 g/mol. The number of benzene rings is 1. The number of anilines is 1. The molecule has 0 aliphatic heterocycles. The van der Waals surface area contributed by atoms with Crippen LogP contribution in [0.1, 0.15) is 11.3 Å². The fourth-order valence-electron chi connectivity index (χ4n) is 2.10. The highest BCUT2D eigenvalue weighted by molar-refractivity contribution is 7.97. The number of aromatic nitrogens is 1. The van der Waals surface area contributed by atoms with Crippen molar-refractivity contribution in [2.24, 2.45) is 0 Å². The Labute approximate surface area is 127 Å². The third kappa shape index (κ3) is 3.13. The number of methoxy groups -OCH3 is 1. The molecule has 0 radical (unpaired) electrons. The van der Waals surface area contributed by atoms with Gasteiger partial charge in [0.1, 0.15) is 17.3 Å². The highest BCUT2D eigenvalue weighted by Gasteiger charge is 2.06. The maximum atomic E-state index is 6.05. The number of hydrogen-bond acceptors (Lipinski definition) is 5. The van der Waals surface area contributed by atoms with Gasteiger partial charge in [0.05, 0.1) is 24.6 Å². The Morgan fingerprint density at radius 3 is 2.90 bits per heavy atom. The standard InChI is InChI=1S/C16H16N2O2S/c1-19-13-5-4-11-7-12(16(17)18-15(11)8-13)9-21-10-14-3-2-6-20-14/h2-8H,9-10H2,1H3,(H2,17,18). The van der Waals surface area contributed by atoms with Crippen molar-refractivity contribution in [2.75, 3.05) is 12.8 Å². The van der Waals surface area contributed by atoms with Crippen LogP contribution in [0, 0.1) is 0 Å². The maximum absolute atomic E-state index is 6.05. The number of thioether (sulfide) groups is 1. The molecule has 2 N–H and O–H groups in total. The summed E-state index contributed by atoms with van der Waals surface area (Å²) < 4.78 is 10.5. The monoisotopic (exact) mass is 300 g/mol. The number of pyridine rings is 1. The van der Waals surface area contributed by atoms with E-state index in [0.717, 1.165) is 39.5 Å². The Balaban J connectivity index is 1.77. The van der Waals surface area contributed by atoms with Gasteiger partial charge in [-0.1, -0.05) is 0 Å². The molecule has 108 valence electrons. The smallest absolute Gasteiger partial charge is 0.128 e. The molecule has 0 bridgehead atoms. The van der Waals surface area contributed by atoms with Crippen molar-refractivity contribution < 1.29 is 9.15 Å². The minimum absolute atomic E-state index is 0.572. The summed E-state index contributed by atoms with van der Waals surface area (Å²) >= 11 is 1.76. The summed E-state index contributed by atoms with van der Waals surface area (Å²) in [5.74, 6) is 3.96. The van der Waals surface area contributed by atoms with Crippen molar-refractivity contribution in [3.05, 3.63) is 54.0 Å². The van der Waals surface area contributed by atoms with Crippen molar-refractivity contribution >= 4 is 28.5 Å². The van der Waals surface area contributed by atoms with Gasteiger partial charge in [-0.15, -0.1) is 11.8 Å².